The molecule has 0 saturated carbocycles. The summed E-state index contributed by atoms with van der Waals surface area (Å²) in [5.74, 6) is -0.688. The maximum Gasteiger partial charge on any atom is 0.303 e. The summed E-state index contributed by atoms with van der Waals surface area (Å²) in [5.41, 5.74) is 17.7. The van der Waals surface area contributed by atoms with Gasteiger partial charge in [0.25, 0.3) is 0 Å². The molecule has 5 aromatic rings. The monoisotopic (exact) mass is 699 g/mol. The van der Waals surface area contributed by atoms with Gasteiger partial charge in [-0.15, -0.1) is 0 Å². The van der Waals surface area contributed by atoms with Gasteiger partial charge >= 0.3 is 5.97 Å². The van der Waals surface area contributed by atoms with Crippen LogP contribution >= 0.6 is 0 Å². The minimum absolute atomic E-state index is 0.0885. The number of benzene rings is 5. The highest BCUT2D eigenvalue weighted by atomic mass is 16.4. The molecule has 53 heavy (non-hydrogen) atoms. The summed E-state index contributed by atoms with van der Waals surface area (Å²) in [6.07, 6.45) is 7.62. The van der Waals surface area contributed by atoms with E-state index in [2.05, 4.69) is 156 Å². The third-order valence-corrected chi connectivity index (χ3v) is 11.6. The molecule has 0 bridgehead atoms. The number of hydrogen-bond acceptors (Lipinski definition) is 2. The molecule has 270 valence electrons. The van der Waals surface area contributed by atoms with Crippen molar-refractivity contribution >= 4 is 69.2 Å². The van der Waals surface area contributed by atoms with Crippen molar-refractivity contribution in [2.24, 2.45) is 0 Å². The fourth-order valence-electron chi connectivity index (χ4n) is 8.72. The predicted molar refractivity (Wildman–Crippen MR) is 229 cm³/mol. The smallest absolute Gasteiger partial charge is 0.303 e. The van der Waals surface area contributed by atoms with Crippen molar-refractivity contribution in [3.63, 3.8) is 0 Å². The molecule has 0 radical (unpaired) electrons. The highest BCUT2D eigenvalue weighted by Gasteiger charge is 2.43. The van der Waals surface area contributed by atoms with Gasteiger partial charge in [-0.25, -0.2) is 0 Å². The first kappa shape index (κ1) is 36.8. The van der Waals surface area contributed by atoms with Crippen LogP contribution in [0.25, 0.3) is 0 Å². The first-order valence-electron chi connectivity index (χ1n) is 19.9. The Hall–Kier alpha value is -4.50. The molecular formula is C48H55B2NO2. The van der Waals surface area contributed by atoms with E-state index in [4.69, 9.17) is 5.11 Å². The summed E-state index contributed by atoms with van der Waals surface area (Å²) >= 11 is 0. The van der Waals surface area contributed by atoms with Gasteiger partial charge in [0.15, 0.2) is 0 Å². The van der Waals surface area contributed by atoms with Crippen molar-refractivity contribution in [3.05, 3.63) is 125 Å². The standard InChI is InChI=1S/C48H55B2NO2/c1-33-20-29-44-40(30-33)50(38-27-23-36(24-28-38)48(5,6)7)42-32-34(16-12-10-8-9-11-13-19-45(52)53)31-41-46(42)51(44)43-18-15-14-17-39(43)49(41)37-25-21-35(22-26-37)47(2,3)4/h14-15,17-18,20-32H,8-13,16,19H2,1-7H3,(H,52,53). The van der Waals surface area contributed by atoms with E-state index in [1.165, 1.54) is 72.1 Å². The molecule has 0 saturated heterocycles. The molecule has 0 atom stereocenters. The molecule has 2 aliphatic heterocycles. The van der Waals surface area contributed by atoms with E-state index in [9.17, 15) is 4.79 Å². The van der Waals surface area contributed by atoms with Crippen LogP contribution in [0.15, 0.2) is 103 Å². The van der Waals surface area contributed by atoms with E-state index < -0.39 is 5.97 Å². The molecule has 1 N–H and O–H groups in total. The minimum Gasteiger partial charge on any atom is -0.481 e. The maximum absolute atomic E-state index is 11.0. The molecule has 5 heteroatoms. The summed E-state index contributed by atoms with van der Waals surface area (Å²) in [4.78, 5) is 13.5. The summed E-state index contributed by atoms with van der Waals surface area (Å²) in [6, 6.07) is 40.1. The van der Waals surface area contributed by atoms with Crippen LogP contribution < -0.4 is 37.7 Å². The minimum atomic E-state index is -0.688. The lowest BCUT2D eigenvalue weighted by Gasteiger charge is -2.44. The number of nitrogens with zero attached hydrogens (tertiary/aromatic N) is 1. The lowest BCUT2D eigenvalue weighted by atomic mass is 9.30. The van der Waals surface area contributed by atoms with Crippen LogP contribution in [0.3, 0.4) is 0 Å². The largest absolute Gasteiger partial charge is 0.481 e. The van der Waals surface area contributed by atoms with Gasteiger partial charge in [0.1, 0.15) is 0 Å². The number of carboxylic acids is 1. The highest BCUT2D eigenvalue weighted by Crippen LogP contribution is 2.38. The van der Waals surface area contributed by atoms with Crippen molar-refractivity contribution in [3.8, 4) is 0 Å². The number of rotatable bonds is 11. The number of anilines is 3. The van der Waals surface area contributed by atoms with Gasteiger partial charge in [-0.05, 0) is 87.7 Å². The van der Waals surface area contributed by atoms with Crippen LogP contribution in [0.5, 0.6) is 0 Å². The zero-order valence-corrected chi connectivity index (χ0v) is 32.9. The normalized spacial score (nSPS) is 13.5. The van der Waals surface area contributed by atoms with Crippen LogP contribution in [0.4, 0.5) is 17.1 Å². The zero-order valence-electron chi connectivity index (χ0n) is 32.9. The molecule has 0 fully saturated rings. The van der Waals surface area contributed by atoms with Crippen molar-refractivity contribution in [2.45, 2.75) is 111 Å². The molecule has 0 spiro atoms. The number of unbranched alkanes of at least 4 members (excludes halogenated alkanes) is 5. The molecule has 0 aliphatic carbocycles. The number of hydrogen-bond donors (Lipinski definition) is 1. The van der Waals surface area contributed by atoms with Crippen LogP contribution in [-0.2, 0) is 22.0 Å². The zero-order chi connectivity index (χ0) is 37.5. The molecule has 7 rings (SSSR count). The second-order valence-electron chi connectivity index (χ2n) is 17.7. The Bertz CT molecular complexity index is 2100. The van der Waals surface area contributed by atoms with Crippen LogP contribution in [0, 0.1) is 6.92 Å². The van der Waals surface area contributed by atoms with Crippen molar-refractivity contribution < 1.29 is 9.90 Å². The Morgan fingerprint density at radius 3 is 1.66 bits per heavy atom. The molecule has 2 aliphatic rings. The number of fused-ring (bicyclic) bond motifs is 4. The summed E-state index contributed by atoms with van der Waals surface area (Å²) < 4.78 is 0. The second-order valence-corrected chi connectivity index (χ2v) is 17.7. The second kappa shape index (κ2) is 14.7. The fraction of sp³-hybridized carbons (Fsp3) is 0.354. The first-order chi connectivity index (χ1) is 25.3. The lowest BCUT2D eigenvalue weighted by molar-refractivity contribution is -0.137. The van der Waals surface area contributed by atoms with Crippen LogP contribution in [0.1, 0.15) is 109 Å². The molecular weight excluding hydrogens is 644 g/mol. The molecule has 0 amide bonds. The van der Waals surface area contributed by atoms with E-state index in [-0.39, 0.29) is 30.7 Å². The molecule has 0 aromatic heterocycles. The number of carbonyl (C=O) groups is 1. The van der Waals surface area contributed by atoms with E-state index >= 15 is 0 Å². The van der Waals surface area contributed by atoms with E-state index in [0.29, 0.717) is 0 Å². The van der Waals surface area contributed by atoms with Gasteiger partial charge < -0.3 is 10.0 Å². The molecule has 2 heterocycles. The Morgan fingerprint density at radius 2 is 1.09 bits per heavy atom. The molecule has 0 unspecified atom stereocenters. The predicted octanol–water partition coefficient (Wildman–Crippen LogP) is 8.08. The van der Waals surface area contributed by atoms with E-state index in [0.717, 1.165) is 44.9 Å². The Kier molecular flexibility index (Phi) is 10.2. The topological polar surface area (TPSA) is 40.5 Å². The molecule has 3 nitrogen and oxygen atoms in total. The third kappa shape index (κ3) is 7.50. The van der Waals surface area contributed by atoms with Gasteiger partial charge in [-0.2, -0.15) is 0 Å². The van der Waals surface area contributed by atoms with Crippen LogP contribution in [0.2, 0.25) is 0 Å². The van der Waals surface area contributed by atoms with Gasteiger partial charge in [-0.1, -0.05) is 175 Å². The Balaban J connectivity index is 1.37. The van der Waals surface area contributed by atoms with Crippen LogP contribution in [-0.4, -0.2) is 24.5 Å². The summed E-state index contributed by atoms with van der Waals surface area (Å²) in [5, 5.41) is 9.02. The number of aliphatic carboxylic acids is 1. The van der Waals surface area contributed by atoms with Gasteiger partial charge in [-0.3, -0.25) is 4.79 Å². The average Bonchev–Trinajstić information content (AvgIpc) is 3.11. The Morgan fingerprint density at radius 1 is 0.585 bits per heavy atom. The van der Waals surface area contributed by atoms with Crippen molar-refractivity contribution in [1.82, 2.24) is 0 Å². The fourth-order valence-corrected chi connectivity index (χ4v) is 8.72. The van der Waals surface area contributed by atoms with Gasteiger partial charge in [0.05, 0.1) is 0 Å². The number of carboxylic acid groups (broad SMARTS) is 1. The van der Waals surface area contributed by atoms with Crippen molar-refractivity contribution in [1.29, 1.82) is 0 Å². The summed E-state index contributed by atoms with van der Waals surface area (Å²) in [7, 11) is 0. The first-order valence-corrected chi connectivity index (χ1v) is 19.9. The SMILES string of the molecule is Cc1ccc2c(c1)B(c1ccc(C(C)(C)C)cc1)c1cc(CCCCCCCCC(=O)O)cc3c1N2c1ccccc1B3c1ccc(C(C)(C)C)cc1. The lowest BCUT2D eigenvalue weighted by Crippen LogP contribution is -2.65. The number of para-hydroxylation sites is 1. The number of aryl methyl sites for hydroxylation is 2. The van der Waals surface area contributed by atoms with Gasteiger partial charge in [0, 0.05) is 23.5 Å². The highest BCUT2D eigenvalue weighted by molar-refractivity contribution is 7.02. The quantitative estimate of drug-likeness (QED) is 0.110. The maximum atomic E-state index is 11.0. The van der Waals surface area contributed by atoms with E-state index in [1.54, 1.807) is 0 Å². The Labute approximate surface area is 319 Å². The average molecular weight is 700 g/mol. The van der Waals surface area contributed by atoms with E-state index in [1.807, 2.05) is 0 Å². The third-order valence-electron chi connectivity index (χ3n) is 11.6. The molecule has 5 aromatic carbocycles. The van der Waals surface area contributed by atoms with Gasteiger partial charge in [0.2, 0.25) is 13.4 Å². The van der Waals surface area contributed by atoms with Crippen molar-refractivity contribution in [2.75, 3.05) is 4.90 Å². The summed E-state index contributed by atoms with van der Waals surface area (Å²) in [6.45, 7) is 16.2.